The maximum Gasteiger partial charge on any atom is 0.0154 e. The van der Waals surface area contributed by atoms with Crippen molar-refractivity contribution in [2.75, 3.05) is 23.7 Å². The van der Waals surface area contributed by atoms with E-state index in [4.69, 9.17) is 11.5 Å². The maximum atomic E-state index is 4.98. The third kappa shape index (κ3) is 28.7. The largest absolute Gasteiger partial charge is 0.330 e. The van der Waals surface area contributed by atoms with E-state index in [0.717, 1.165) is 23.7 Å². The lowest BCUT2D eigenvalue weighted by Gasteiger charge is -1.68. The smallest absolute Gasteiger partial charge is 0.0154 e. The van der Waals surface area contributed by atoms with Crippen molar-refractivity contribution in [1.29, 1.82) is 0 Å². The summed E-state index contributed by atoms with van der Waals surface area (Å²) in [5, 5.41) is 1.82. The average Bonchev–Trinajstić information content (AvgIpc) is 1.88. The van der Waals surface area contributed by atoms with Crippen LogP contribution in [0.25, 0.3) is 0 Å². The first kappa shape index (κ1) is 11.6. The molecule has 52 valence electrons. The van der Waals surface area contributed by atoms with Crippen LogP contribution >= 0.6 is 31.9 Å². The molecule has 0 bridgehead atoms. The van der Waals surface area contributed by atoms with Gasteiger partial charge in [0.25, 0.3) is 0 Å². The van der Waals surface area contributed by atoms with Crippen LogP contribution in [0.15, 0.2) is 0 Å². The molecule has 2 nitrogen and oxygen atoms in total. The summed E-state index contributed by atoms with van der Waals surface area (Å²) in [6.45, 7) is 1.47. The quantitative estimate of drug-likeness (QED) is 0.706. The van der Waals surface area contributed by atoms with E-state index >= 15 is 0 Å². The highest BCUT2D eigenvalue weighted by atomic mass is 79.9. The molecule has 0 rings (SSSR count). The lowest BCUT2D eigenvalue weighted by atomic mass is 10.8. The van der Waals surface area contributed by atoms with Crippen LogP contribution in [0, 0.1) is 0 Å². The summed E-state index contributed by atoms with van der Waals surface area (Å²) >= 11 is 6.25. The zero-order valence-electron chi connectivity index (χ0n) is 4.74. The fourth-order valence-electron chi connectivity index (χ4n) is 0. The minimum atomic E-state index is 0.736. The predicted molar refractivity (Wildman–Crippen MR) is 45.7 cm³/mol. The van der Waals surface area contributed by atoms with Crippen molar-refractivity contribution in [2.45, 2.75) is 0 Å². The standard InChI is InChI=1S/2C2H6BrN/c2*3-1-2-4/h2*1-2,4H2. The molecular weight excluding hydrogens is 236 g/mol. The van der Waals surface area contributed by atoms with E-state index in [-0.39, 0.29) is 0 Å². The SMILES string of the molecule is NCCBr.NCCBr. The van der Waals surface area contributed by atoms with Gasteiger partial charge in [-0.3, -0.25) is 0 Å². The van der Waals surface area contributed by atoms with Gasteiger partial charge in [-0.2, -0.15) is 0 Å². The summed E-state index contributed by atoms with van der Waals surface area (Å²) in [5.41, 5.74) is 9.96. The summed E-state index contributed by atoms with van der Waals surface area (Å²) in [6, 6.07) is 0. The average molecular weight is 248 g/mol. The Labute approximate surface area is 67.3 Å². The minimum absolute atomic E-state index is 0.736. The van der Waals surface area contributed by atoms with Gasteiger partial charge in [-0.05, 0) is 0 Å². The van der Waals surface area contributed by atoms with Gasteiger partial charge in [0.05, 0.1) is 0 Å². The second kappa shape index (κ2) is 15.7. The highest BCUT2D eigenvalue weighted by Gasteiger charge is 1.58. The Morgan fingerprint density at radius 3 is 1.00 bits per heavy atom. The van der Waals surface area contributed by atoms with Crippen molar-refractivity contribution >= 4 is 31.9 Å². The van der Waals surface area contributed by atoms with Crippen LogP contribution in [-0.2, 0) is 0 Å². The summed E-state index contributed by atoms with van der Waals surface area (Å²) in [7, 11) is 0. The number of hydrogen-bond donors (Lipinski definition) is 2. The molecule has 0 aliphatic carbocycles. The van der Waals surface area contributed by atoms with E-state index in [9.17, 15) is 0 Å². The zero-order chi connectivity index (χ0) is 6.83. The molecule has 0 unspecified atom stereocenters. The van der Waals surface area contributed by atoms with Crippen LogP contribution in [0.1, 0.15) is 0 Å². The van der Waals surface area contributed by atoms with Crippen molar-refractivity contribution in [3.63, 3.8) is 0 Å². The number of nitrogens with two attached hydrogens (primary N) is 2. The van der Waals surface area contributed by atoms with Crippen LogP contribution in [0.3, 0.4) is 0 Å². The molecule has 0 aliphatic heterocycles. The molecule has 0 aromatic carbocycles. The molecule has 0 heterocycles. The van der Waals surface area contributed by atoms with Crippen molar-refractivity contribution in [3.8, 4) is 0 Å². The number of hydrogen-bond acceptors (Lipinski definition) is 2. The first-order valence-electron chi connectivity index (χ1n) is 2.35. The predicted octanol–water partition coefficient (Wildman–Crippen LogP) is 0.680. The van der Waals surface area contributed by atoms with Crippen molar-refractivity contribution in [2.24, 2.45) is 11.5 Å². The first-order chi connectivity index (χ1) is 3.83. The monoisotopic (exact) mass is 246 g/mol. The normalized spacial score (nSPS) is 7.50. The Balaban J connectivity index is 0. The topological polar surface area (TPSA) is 52.0 Å². The Bertz CT molecular complexity index is 20.0. The van der Waals surface area contributed by atoms with E-state index in [1.165, 1.54) is 0 Å². The van der Waals surface area contributed by atoms with Crippen LogP contribution < -0.4 is 11.5 Å². The van der Waals surface area contributed by atoms with Gasteiger partial charge >= 0.3 is 0 Å². The molecule has 0 amide bonds. The van der Waals surface area contributed by atoms with Gasteiger partial charge in [-0.1, -0.05) is 31.9 Å². The Hall–Kier alpha value is 0.880. The van der Waals surface area contributed by atoms with E-state index < -0.39 is 0 Å². The maximum absolute atomic E-state index is 4.98. The van der Waals surface area contributed by atoms with Crippen molar-refractivity contribution in [3.05, 3.63) is 0 Å². The molecular formula is C4H12Br2N2. The molecule has 0 radical (unpaired) electrons. The fourth-order valence-corrected chi connectivity index (χ4v) is 0. The molecule has 0 fully saturated rings. The summed E-state index contributed by atoms with van der Waals surface area (Å²) in [6.07, 6.45) is 0. The van der Waals surface area contributed by atoms with Gasteiger partial charge in [-0.15, -0.1) is 0 Å². The summed E-state index contributed by atoms with van der Waals surface area (Å²) < 4.78 is 0. The van der Waals surface area contributed by atoms with E-state index in [0.29, 0.717) is 0 Å². The minimum Gasteiger partial charge on any atom is -0.330 e. The highest BCUT2D eigenvalue weighted by Crippen LogP contribution is 1.68. The lowest BCUT2D eigenvalue weighted by molar-refractivity contribution is 1.16. The van der Waals surface area contributed by atoms with Crippen molar-refractivity contribution < 1.29 is 0 Å². The van der Waals surface area contributed by atoms with Gasteiger partial charge in [0.1, 0.15) is 0 Å². The molecule has 0 aromatic heterocycles. The lowest BCUT2D eigenvalue weighted by Crippen LogP contribution is -1.97. The number of alkyl halides is 2. The third-order valence-electron chi connectivity index (χ3n) is 0.218. The third-order valence-corrected chi connectivity index (χ3v) is 1.13. The fraction of sp³-hybridized carbons (Fsp3) is 1.00. The molecule has 0 aromatic rings. The molecule has 0 aliphatic rings. The highest BCUT2D eigenvalue weighted by molar-refractivity contribution is 9.09. The van der Waals surface area contributed by atoms with Crippen molar-refractivity contribution in [1.82, 2.24) is 0 Å². The summed E-state index contributed by atoms with van der Waals surface area (Å²) in [4.78, 5) is 0. The first-order valence-corrected chi connectivity index (χ1v) is 4.59. The second-order valence-electron chi connectivity index (χ2n) is 0.955. The zero-order valence-corrected chi connectivity index (χ0v) is 7.91. The molecule has 0 saturated carbocycles. The number of rotatable bonds is 2. The molecule has 8 heavy (non-hydrogen) atoms. The molecule has 0 atom stereocenters. The molecule has 4 N–H and O–H groups in total. The molecule has 0 spiro atoms. The van der Waals surface area contributed by atoms with Gasteiger partial charge in [0, 0.05) is 23.7 Å². The number of halogens is 2. The van der Waals surface area contributed by atoms with Crippen LogP contribution in [0.5, 0.6) is 0 Å². The van der Waals surface area contributed by atoms with Crippen LogP contribution in [0.4, 0.5) is 0 Å². The van der Waals surface area contributed by atoms with Gasteiger partial charge < -0.3 is 11.5 Å². The van der Waals surface area contributed by atoms with Gasteiger partial charge in [-0.25, -0.2) is 0 Å². The van der Waals surface area contributed by atoms with E-state index in [2.05, 4.69) is 31.9 Å². The summed E-state index contributed by atoms with van der Waals surface area (Å²) in [5.74, 6) is 0. The van der Waals surface area contributed by atoms with E-state index in [1.54, 1.807) is 0 Å². The molecule has 0 saturated heterocycles. The second-order valence-corrected chi connectivity index (χ2v) is 2.54. The Kier molecular flexibility index (Phi) is 22.8. The van der Waals surface area contributed by atoms with E-state index in [1.807, 2.05) is 0 Å². The van der Waals surface area contributed by atoms with Crippen LogP contribution in [-0.4, -0.2) is 23.7 Å². The Morgan fingerprint density at radius 2 is 1.00 bits per heavy atom. The van der Waals surface area contributed by atoms with Crippen LogP contribution in [0.2, 0.25) is 0 Å². The van der Waals surface area contributed by atoms with Gasteiger partial charge in [0.15, 0.2) is 0 Å². The van der Waals surface area contributed by atoms with Gasteiger partial charge in [0.2, 0.25) is 0 Å². The Morgan fingerprint density at radius 1 is 0.875 bits per heavy atom. The molecule has 4 heteroatoms.